The Morgan fingerprint density at radius 3 is 2.20 bits per heavy atom. The van der Waals surface area contributed by atoms with Crippen molar-refractivity contribution in [1.29, 1.82) is 0 Å². The SMILES string of the molecule is O=C(O)CC(NC(=O)CC1CC(c2ccccc2)C1)c1ccccc1. The number of carboxylic acids is 1. The van der Waals surface area contributed by atoms with Crippen LogP contribution in [0.15, 0.2) is 60.7 Å². The summed E-state index contributed by atoms with van der Waals surface area (Å²) in [7, 11) is 0. The van der Waals surface area contributed by atoms with Crippen LogP contribution in [0.5, 0.6) is 0 Å². The zero-order chi connectivity index (χ0) is 17.6. The second-order valence-electron chi connectivity index (χ2n) is 6.78. The first-order valence-electron chi connectivity index (χ1n) is 8.73. The van der Waals surface area contributed by atoms with Crippen LogP contribution in [0.2, 0.25) is 0 Å². The molecule has 0 bridgehead atoms. The van der Waals surface area contributed by atoms with Gasteiger partial charge in [-0.25, -0.2) is 0 Å². The van der Waals surface area contributed by atoms with Crippen LogP contribution in [0.1, 0.15) is 48.8 Å². The third-order valence-electron chi connectivity index (χ3n) is 4.90. The quantitative estimate of drug-likeness (QED) is 0.805. The van der Waals surface area contributed by atoms with Gasteiger partial charge < -0.3 is 10.4 Å². The van der Waals surface area contributed by atoms with Crippen LogP contribution in [-0.4, -0.2) is 17.0 Å². The number of aliphatic carboxylic acids is 1. The Labute approximate surface area is 147 Å². The molecule has 1 amide bonds. The van der Waals surface area contributed by atoms with Gasteiger partial charge in [0.15, 0.2) is 0 Å². The Kier molecular flexibility index (Phi) is 5.49. The molecule has 4 heteroatoms. The van der Waals surface area contributed by atoms with E-state index in [2.05, 4.69) is 17.4 Å². The zero-order valence-corrected chi connectivity index (χ0v) is 14.1. The maximum atomic E-state index is 12.4. The molecular formula is C21H23NO3. The lowest BCUT2D eigenvalue weighted by molar-refractivity contribution is -0.137. The summed E-state index contributed by atoms with van der Waals surface area (Å²) in [6.07, 6.45) is 2.40. The van der Waals surface area contributed by atoms with Crippen LogP contribution in [0.4, 0.5) is 0 Å². The molecule has 1 saturated carbocycles. The van der Waals surface area contributed by atoms with Gasteiger partial charge in [-0.2, -0.15) is 0 Å². The number of carboxylic acid groups (broad SMARTS) is 1. The highest BCUT2D eigenvalue weighted by molar-refractivity contribution is 5.78. The van der Waals surface area contributed by atoms with Crippen molar-refractivity contribution in [3.8, 4) is 0 Å². The number of carbonyl (C=O) groups is 2. The number of hydrogen-bond donors (Lipinski definition) is 2. The molecule has 0 radical (unpaired) electrons. The highest BCUT2D eigenvalue weighted by Crippen LogP contribution is 2.43. The molecule has 3 rings (SSSR count). The van der Waals surface area contributed by atoms with E-state index in [1.54, 1.807) is 0 Å². The van der Waals surface area contributed by atoms with Crippen molar-refractivity contribution in [2.75, 3.05) is 0 Å². The topological polar surface area (TPSA) is 66.4 Å². The standard InChI is InChI=1S/C21H23NO3/c23-20(13-15-11-18(12-15)16-7-3-1-4-8-16)22-19(14-21(24)25)17-9-5-2-6-10-17/h1-10,15,18-19H,11-14H2,(H,22,23)(H,24,25). The first-order chi connectivity index (χ1) is 12.1. The average molecular weight is 337 g/mol. The Balaban J connectivity index is 1.52. The summed E-state index contributed by atoms with van der Waals surface area (Å²) >= 11 is 0. The number of benzene rings is 2. The summed E-state index contributed by atoms with van der Waals surface area (Å²) in [6.45, 7) is 0. The molecule has 0 aliphatic heterocycles. The highest BCUT2D eigenvalue weighted by atomic mass is 16.4. The molecule has 1 aliphatic rings. The van der Waals surface area contributed by atoms with Crippen molar-refractivity contribution in [3.05, 3.63) is 71.8 Å². The van der Waals surface area contributed by atoms with Crippen molar-refractivity contribution in [3.63, 3.8) is 0 Å². The number of hydrogen-bond acceptors (Lipinski definition) is 2. The van der Waals surface area contributed by atoms with Gasteiger partial charge in [0, 0.05) is 6.42 Å². The molecule has 2 N–H and O–H groups in total. The van der Waals surface area contributed by atoms with Crippen molar-refractivity contribution in [2.24, 2.45) is 5.92 Å². The van der Waals surface area contributed by atoms with Crippen molar-refractivity contribution >= 4 is 11.9 Å². The number of amides is 1. The summed E-state index contributed by atoms with van der Waals surface area (Å²) in [4.78, 5) is 23.5. The molecule has 0 aromatic heterocycles. The van der Waals surface area contributed by atoms with Gasteiger partial charge in [0.05, 0.1) is 12.5 Å². The minimum Gasteiger partial charge on any atom is -0.481 e. The van der Waals surface area contributed by atoms with E-state index in [1.165, 1.54) is 5.56 Å². The monoisotopic (exact) mass is 337 g/mol. The van der Waals surface area contributed by atoms with Gasteiger partial charge in [0.1, 0.15) is 0 Å². The lowest BCUT2D eigenvalue weighted by atomic mass is 9.70. The zero-order valence-electron chi connectivity index (χ0n) is 14.1. The first kappa shape index (κ1) is 17.2. The van der Waals surface area contributed by atoms with Crippen LogP contribution in [-0.2, 0) is 9.59 Å². The van der Waals surface area contributed by atoms with E-state index in [0.717, 1.165) is 18.4 Å². The predicted octanol–water partition coefficient (Wildman–Crippen LogP) is 3.90. The summed E-state index contributed by atoms with van der Waals surface area (Å²) in [5, 5.41) is 12.0. The molecule has 130 valence electrons. The average Bonchev–Trinajstić information content (AvgIpc) is 2.58. The lowest BCUT2D eigenvalue weighted by Crippen LogP contribution is -2.34. The van der Waals surface area contributed by atoms with E-state index in [4.69, 9.17) is 5.11 Å². The fourth-order valence-electron chi connectivity index (χ4n) is 3.53. The minimum absolute atomic E-state index is 0.0633. The van der Waals surface area contributed by atoms with Gasteiger partial charge in [0.2, 0.25) is 5.91 Å². The van der Waals surface area contributed by atoms with Crippen LogP contribution >= 0.6 is 0 Å². The van der Waals surface area contributed by atoms with Crippen molar-refractivity contribution < 1.29 is 14.7 Å². The maximum Gasteiger partial charge on any atom is 0.305 e. The van der Waals surface area contributed by atoms with E-state index in [9.17, 15) is 9.59 Å². The summed E-state index contributed by atoms with van der Waals surface area (Å²) in [5.41, 5.74) is 2.17. The van der Waals surface area contributed by atoms with Gasteiger partial charge in [-0.3, -0.25) is 9.59 Å². The molecule has 4 nitrogen and oxygen atoms in total. The summed E-state index contributed by atoms with van der Waals surface area (Å²) in [6, 6.07) is 19.2. The molecule has 1 fully saturated rings. The number of nitrogens with one attached hydrogen (secondary N) is 1. The summed E-state index contributed by atoms with van der Waals surface area (Å²) in [5.74, 6) is -0.0528. The third-order valence-corrected chi connectivity index (χ3v) is 4.90. The molecule has 1 atom stereocenters. The van der Waals surface area contributed by atoms with E-state index >= 15 is 0 Å². The van der Waals surface area contributed by atoms with Gasteiger partial charge in [-0.05, 0) is 35.8 Å². The van der Waals surface area contributed by atoms with E-state index in [1.807, 2.05) is 48.5 Å². The minimum atomic E-state index is -0.915. The van der Waals surface area contributed by atoms with Crippen LogP contribution in [0.25, 0.3) is 0 Å². The van der Waals surface area contributed by atoms with Crippen LogP contribution < -0.4 is 5.32 Å². The van der Waals surface area contributed by atoms with Crippen molar-refractivity contribution in [2.45, 2.75) is 37.6 Å². The predicted molar refractivity (Wildman–Crippen MR) is 96.1 cm³/mol. The lowest BCUT2D eigenvalue weighted by Gasteiger charge is -2.35. The van der Waals surface area contributed by atoms with Crippen molar-refractivity contribution in [1.82, 2.24) is 5.32 Å². The van der Waals surface area contributed by atoms with Crippen LogP contribution in [0.3, 0.4) is 0 Å². The van der Waals surface area contributed by atoms with Crippen LogP contribution in [0, 0.1) is 5.92 Å². The smallest absolute Gasteiger partial charge is 0.305 e. The van der Waals surface area contributed by atoms with Gasteiger partial charge in [-0.15, -0.1) is 0 Å². The number of carbonyl (C=O) groups excluding carboxylic acids is 1. The van der Waals surface area contributed by atoms with E-state index in [-0.39, 0.29) is 12.3 Å². The van der Waals surface area contributed by atoms with Gasteiger partial charge >= 0.3 is 5.97 Å². The Morgan fingerprint density at radius 1 is 1.00 bits per heavy atom. The largest absolute Gasteiger partial charge is 0.481 e. The summed E-state index contributed by atoms with van der Waals surface area (Å²) < 4.78 is 0. The fourth-order valence-corrected chi connectivity index (χ4v) is 3.53. The van der Waals surface area contributed by atoms with E-state index < -0.39 is 12.0 Å². The molecule has 0 spiro atoms. The highest BCUT2D eigenvalue weighted by Gasteiger charge is 2.32. The Bertz CT molecular complexity index is 708. The molecule has 0 heterocycles. The fraction of sp³-hybridized carbons (Fsp3) is 0.333. The molecule has 2 aromatic rings. The third kappa shape index (κ3) is 4.69. The van der Waals surface area contributed by atoms with Gasteiger partial charge in [0.25, 0.3) is 0 Å². The molecule has 0 saturated heterocycles. The molecule has 2 aromatic carbocycles. The number of rotatable bonds is 7. The van der Waals surface area contributed by atoms with Gasteiger partial charge in [-0.1, -0.05) is 60.7 Å². The normalized spacial score (nSPS) is 20.3. The maximum absolute atomic E-state index is 12.4. The Morgan fingerprint density at radius 2 is 1.60 bits per heavy atom. The first-order valence-corrected chi connectivity index (χ1v) is 8.73. The molecule has 1 aliphatic carbocycles. The molecule has 25 heavy (non-hydrogen) atoms. The van der Waals surface area contributed by atoms with E-state index in [0.29, 0.717) is 18.3 Å². The second-order valence-corrected chi connectivity index (χ2v) is 6.78. The molecular weight excluding hydrogens is 314 g/mol. The Hall–Kier alpha value is -2.62. The second kappa shape index (κ2) is 7.97. The molecule has 1 unspecified atom stereocenters.